The van der Waals surface area contributed by atoms with Gasteiger partial charge in [-0.05, 0) is 24.3 Å². The molecular formula is C15H15ClF2N2O5S2. The number of halogens is 3. The summed E-state index contributed by atoms with van der Waals surface area (Å²) in [6.45, 7) is -3.56. The number of benzene rings is 1. The quantitative estimate of drug-likeness (QED) is 0.681. The van der Waals surface area contributed by atoms with Gasteiger partial charge in [0.05, 0.1) is 18.0 Å². The lowest BCUT2D eigenvalue weighted by Gasteiger charge is -2.16. The van der Waals surface area contributed by atoms with Crippen LogP contribution in [0.2, 0.25) is 4.34 Å². The van der Waals surface area contributed by atoms with Crippen molar-refractivity contribution < 1.29 is 31.5 Å². The Morgan fingerprint density at radius 2 is 2.00 bits per heavy atom. The molecule has 0 saturated heterocycles. The van der Waals surface area contributed by atoms with Crippen LogP contribution in [-0.2, 0) is 14.8 Å². The van der Waals surface area contributed by atoms with Gasteiger partial charge in [0.1, 0.15) is 4.21 Å². The van der Waals surface area contributed by atoms with E-state index in [1.807, 2.05) is 0 Å². The molecule has 1 amide bonds. The van der Waals surface area contributed by atoms with E-state index in [0.29, 0.717) is 4.34 Å². The van der Waals surface area contributed by atoms with Crippen LogP contribution in [0.5, 0.6) is 11.5 Å². The minimum absolute atomic E-state index is 0.000123. The zero-order valence-electron chi connectivity index (χ0n) is 14.1. The van der Waals surface area contributed by atoms with Gasteiger partial charge in [-0.3, -0.25) is 4.79 Å². The summed E-state index contributed by atoms with van der Waals surface area (Å²) in [5.41, 5.74) is 0.140. The average molecular weight is 441 g/mol. The fraction of sp³-hybridized carbons (Fsp3) is 0.267. The summed E-state index contributed by atoms with van der Waals surface area (Å²) in [7, 11) is -1.36. The Bertz CT molecular complexity index is 921. The van der Waals surface area contributed by atoms with Crippen molar-refractivity contribution in [1.82, 2.24) is 4.31 Å². The predicted octanol–water partition coefficient (Wildman–Crippen LogP) is 3.27. The van der Waals surface area contributed by atoms with E-state index in [1.165, 1.54) is 38.4 Å². The third-order valence-corrected chi connectivity index (χ3v) is 6.74. The van der Waals surface area contributed by atoms with Crippen LogP contribution in [0.1, 0.15) is 0 Å². The lowest BCUT2D eigenvalue weighted by atomic mass is 10.2. The van der Waals surface area contributed by atoms with Crippen LogP contribution in [0.4, 0.5) is 14.5 Å². The number of amides is 1. The number of carbonyl (C=O) groups excluding carboxylic acids is 1. The molecule has 0 saturated carbocycles. The van der Waals surface area contributed by atoms with E-state index >= 15 is 0 Å². The molecule has 0 fully saturated rings. The smallest absolute Gasteiger partial charge is 0.387 e. The summed E-state index contributed by atoms with van der Waals surface area (Å²) >= 11 is 6.61. The average Bonchev–Trinajstić information content (AvgIpc) is 3.01. The van der Waals surface area contributed by atoms with E-state index in [9.17, 15) is 22.0 Å². The highest BCUT2D eigenvalue weighted by Gasteiger charge is 2.25. The summed E-state index contributed by atoms with van der Waals surface area (Å²) in [5, 5.41) is 2.42. The second kappa shape index (κ2) is 8.83. The molecule has 0 aliphatic carbocycles. The molecule has 0 aliphatic rings. The Labute approximate surface area is 163 Å². The highest BCUT2D eigenvalue weighted by atomic mass is 35.5. The fourth-order valence-corrected chi connectivity index (χ4v) is 4.84. The van der Waals surface area contributed by atoms with Crippen LogP contribution < -0.4 is 14.8 Å². The van der Waals surface area contributed by atoms with Gasteiger partial charge in [-0.1, -0.05) is 11.6 Å². The minimum atomic E-state index is -3.88. The number of sulfonamides is 1. The van der Waals surface area contributed by atoms with Gasteiger partial charge in [-0.25, -0.2) is 8.42 Å². The first kappa shape index (κ1) is 21.4. The molecule has 1 heterocycles. The number of rotatable bonds is 8. The van der Waals surface area contributed by atoms with Crippen molar-refractivity contribution in [2.24, 2.45) is 0 Å². The van der Waals surface area contributed by atoms with Crippen molar-refractivity contribution >= 4 is 44.6 Å². The Balaban J connectivity index is 2.09. The van der Waals surface area contributed by atoms with Crippen LogP contribution >= 0.6 is 22.9 Å². The van der Waals surface area contributed by atoms with Gasteiger partial charge in [-0.2, -0.15) is 13.1 Å². The maximum Gasteiger partial charge on any atom is 0.387 e. The number of hydrogen-bond donors (Lipinski definition) is 1. The van der Waals surface area contributed by atoms with Crippen LogP contribution in [-0.4, -0.2) is 45.9 Å². The number of methoxy groups -OCH3 is 1. The van der Waals surface area contributed by atoms with Gasteiger partial charge >= 0.3 is 6.61 Å². The maximum atomic E-state index is 12.5. The highest BCUT2D eigenvalue weighted by Crippen LogP contribution is 2.31. The second-order valence-electron chi connectivity index (χ2n) is 5.11. The third-order valence-electron chi connectivity index (χ3n) is 3.24. The maximum absolute atomic E-state index is 12.5. The molecule has 0 spiro atoms. The molecule has 0 bridgehead atoms. The summed E-state index contributed by atoms with van der Waals surface area (Å²) in [6.07, 6.45) is 0. The van der Waals surface area contributed by atoms with E-state index in [1.54, 1.807) is 0 Å². The molecule has 0 unspecified atom stereocenters. The molecule has 27 heavy (non-hydrogen) atoms. The zero-order chi connectivity index (χ0) is 20.2. The Kier molecular flexibility index (Phi) is 6.98. The molecule has 0 radical (unpaired) electrons. The number of nitrogens with one attached hydrogen (secondary N) is 1. The van der Waals surface area contributed by atoms with Crippen molar-refractivity contribution in [3.05, 3.63) is 34.7 Å². The number of anilines is 1. The molecule has 12 heteroatoms. The number of likely N-dealkylation sites (N-methyl/N-ethyl adjacent to an activating group) is 1. The molecule has 7 nitrogen and oxygen atoms in total. The van der Waals surface area contributed by atoms with Crippen LogP contribution in [0.3, 0.4) is 0 Å². The topological polar surface area (TPSA) is 84.9 Å². The molecule has 2 rings (SSSR count). The summed E-state index contributed by atoms with van der Waals surface area (Å²) in [5.74, 6) is -0.876. The number of carbonyl (C=O) groups is 1. The molecule has 1 aromatic carbocycles. The first-order valence-corrected chi connectivity index (χ1v) is 9.91. The Morgan fingerprint density at radius 1 is 1.30 bits per heavy atom. The van der Waals surface area contributed by atoms with Gasteiger partial charge in [0.15, 0.2) is 11.5 Å². The van der Waals surface area contributed by atoms with Gasteiger partial charge in [0.25, 0.3) is 10.0 Å². The van der Waals surface area contributed by atoms with E-state index in [-0.39, 0.29) is 21.4 Å². The summed E-state index contributed by atoms with van der Waals surface area (Å²) in [4.78, 5) is 12.1. The number of thiophene rings is 1. The monoisotopic (exact) mass is 440 g/mol. The van der Waals surface area contributed by atoms with Crippen LogP contribution in [0, 0.1) is 0 Å². The van der Waals surface area contributed by atoms with E-state index in [4.69, 9.17) is 16.3 Å². The largest absolute Gasteiger partial charge is 0.493 e. The van der Waals surface area contributed by atoms with Gasteiger partial charge in [0, 0.05) is 18.8 Å². The normalized spacial score (nSPS) is 11.7. The summed E-state index contributed by atoms with van der Waals surface area (Å²) < 4.78 is 60.0. The minimum Gasteiger partial charge on any atom is -0.493 e. The SMILES string of the molecule is COc1ccc(NC(=O)CN(C)S(=O)(=O)c2ccc(Cl)s2)cc1OC(F)F. The number of nitrogens with zero attached hydrogens (tertiary/aromatic N) is 1. The summed E-state index contributed by atoms with van der Waals surface area (Å²) in [6, 6.07) is 6.67. The molecule has 148 valence electrons. The first-order valence-electron chi connectivity index (χ1n) is 7.28. The Morgan fingerprint density at radius 3 is 2.56 bits per heavy atom. The molecule has 0 atom stereocenters. The zero-order valence-corrected chi connectivity index (χ0v) is 16.5. The number of alkyl halides is 2. The molecule has 1 N–H and O–H groups in total. The highest BCUT2D eigenvalue weighted by molar-refractivity contribution is 7.91. The van der Waals surface area contributed by atoms with Gasteiger partial charge < -0.3 is 14.8 Å². The molecular weight excluding hydrogens is 426 g/mol. The van der Waals surface area contributed by atoms with Crippen molar-refractivity contribution in [1.29, 1.82) is 0 Å². The molecule has 1 aromatic heterocycles. The first-order chi connectivity index (χ1) is 12.6. The van der Waals surface area contributed by atoms with E-state index in [2.05, 4.69) is 10.1 Å². The number of hydrogen-bond acceptors (Lipinski definition) is 6. The lowest BCUT2D eigenvalue weighted by Crippen LogP contribution is -2.34. The number of ether oxygens (including phenoxy) is 2. The second-order valence-corrected chi connectivity index (χ2v) is 9.10. The molecule has 2 aromatic rings. The van der Waals surface area contributed by atoms with E-state index in [0.717, 1.165) is 21.7 Å². The van der Waals surface area contributed by atoms with E-state index < -0.39 is 29.1 Å². The third kappa shape index (κ3) is 5.51. The van der Waals surface area contributed by atoms with Crippen molar-refractivity contribution in [2.75, 3.05) is 26.0 Å². The predicted molar refractivity (Wildman–Crippen MR) is 97.4 cm³/mol. The van der Waals surface area contributed by atoms with Crippen molar-refractivity contribution in [3.63, 3.8) is 0 Å². The Hall–Kier alpha value is -1.95. The standard InChI is InChI=1S/C15H15ClF2N2O5S2/c1-20(27(22,23)14-6-5-12(16)26-14)8-13(21)19-9-3-4-10(24-2)11(7-9)25-15(17)18/h3-7,15H,8H2,1-2H3,(H,19,21). The van der Waals surface area contributed by atoms with Crippen molar-refractivity contribution in [3.8, 4) is 11.5 Å². The van der Waals surface area contributed by atoms with Gasteiger partial charge in [0.2, 0.25) is 5.91 Å². The van der Waals surface area contributed by atoms with Gasteiger partial charge in [-0.15, -0.1) is 11.3 Å². The lowest BCUT2D eigenvalue weighted by molar-refractivity contribution is -0.116. The van der Waals surface area contributed by atoms with Crippen LogP contribution in [0.15, 0.2) is 34.5 Å². The fourth-order valence-electron chi connectivity index (χ4n) is 2.02. The van der Waals surface area contributed by atoms with Crippen LogP contribution in [0.25, 0.3) is 0 Å². The molecule has 0 aliphatic heterocycles. The van der Waals surface area contributed by atoms with Crippen molar-refractivity contribution in [2.45, 2.75) is 10.8 Å².